The molecule has 0 radical (unpaired) electrons. The molecule has 0 aliphatic heterocycles. The Morgan fingerprint density at radius 3 is 1.64 bits per heavy atom. The molecule has 8 nitrogen and oxygen atoms in total. The van der Waals surface area contributed by atoms with Crippen LogP contribution >= 0.6 is 0 Å². The van der Waals surface area contributed by atoms with Crippen LogP contribution in [-0.2, 0) is 43.3 Å². The fraction of sp³-hybridized carbons (Fsp3) is 0.290. The second-order valence-electron chi connectivity index (χ2n) is 9.11. The van der Waals surface area contributed by atoms with Crippen molar-refractivity contribution in [2.24, 2.45) is 0 Å². The van der Waals surface area contributed by atoms with Crippen LogP contribution in [0.2, 0.25) is 0 Å². The maximum atomic E-state index is 13.4. The zero-order chi connectivity index (χ0) is 27.9. The van der Waals surface area contributed by atoms with E-state index in [1.807, 2.05) is 91.0 Å². The van der Waals surface area contributed by atoms with Crippen LogP contribution in [-0.4, -0.2) is 42.4 Å². The van der Waals surface area contributed by atoms with Gasteiger partial charge in [-0.05, 0) is 42.4 Å². The van der Waals surface area contributed by atoms with Gasteiger partial charge in [-0.3, -0.25) is 14.4 Å². The second-order valence-corrected chi connectivity index (χ2v) is 9.11. The third kappa shape index (κ3) is 10.8. The minimum Gasteiger partial charge on any atom is -0.458 e. The average molecular weight is 531 g/mol. The second kappa shape index (κ2) is 15.7. The first-order chi connectivity index (χ1) is 18.9. The maximum Gasteiger partial charge on any atom is 0.408 e. The van der Waals surface area contributed by atoms with Crippen molar-refractivity contribution >= 4 is 23.8 Å². The first kappa shape index (κ1) is 29.1. The van der Waals surface area contributed by atoms with Gasteiger partial charge in [-0.15, -0.1) is 0 Å². The van der Waals surface area contributed by atoms with E-state index in [-0.39, 0.29) is 6.61 Å². The van der Waals surface area contributed by atoms with Gasteiger partial charge in [-0.25, -0.2) is 4.79 Å². The molecule has 0 saturated carbocycles. The number of hydrogen-bond donors (Lipinski definition) is 2. The number of nitrogens with one attached hydrogen (secondary N) is 2. The predicted molar refractivity (Wildman–Crippen MR) is 147 cm³/mol. The Labute approximate surface area is 228 Å². The van der Waals surface area contributed by atoms with E-state index < -0.39 is 42.4 Å². The summed E-state index contributed by atoms with van der Waals surface area (Å²) in [5, 5.41) is 5.43. The highest BCUT2D eigenvalue weighted by Gasteiger charge is 2.27. The standard InChI is InChI=1S/C31H34N2O6/c1-23(34)38-22-29(35)27(19-17-24-11-5-2-6-12-24)32-30(36)28(20-18-25-13-7-3-8-14-25)33-31(37)39-21-26-15-9-4-10-16-26/h2-16,27-28H,17-22H2,1H3,(H,32,36)(H,33,37)/t27-,28-/m0/s1. The van der Waals surface area contributed by atoms with E-state index >= 15 is 0 Å². The minimum atomic E-state index is -0.950. The molecule has 0 saturated heterocycles. The van der Waals surface area contributed by atoms with E-state index in [9.17, 15) is 19.2 Å². The summed E-state index contributed by atoms with van der Waals surface area (Å²) >= 11 is 0. The van der Waals surface area contributed by atoms with Crippen LogP contribution in [0.4, 0.5) is 4.79 Å². The van der Waals surface area contributed by atoms with Crippen LogP contribution < -0.4 is 10.6 Å². The summed E-state index contributed by atoms with van der Waals surface area (Å²) in [7, 11) is 0. The molecule has 0 fully saturated rings. The zero-order valence-electron chi connectivity index (χ0n) is 22.0. The van der Waals surface area contributed by atoms with E-state index in [1.165, 1.54) is 6.92 Å². The number of alkyl carbamates (subject to hydrolysis) is 1. The van der Waals surface area contributed by atoms with Gasteiger partial charge < -0.3 is 20.1 Å². The van der Waals surface area contributed by atoms with Crippen molar-refractivity contribution in [3.63, 3.8) is 0 Å². The monoisotopic (exact) mass is 530 g/mol. The molecule has 0 heterocycles. The van der Waals surface area contributed by atoms with E-state index in [0.29, 0.717) is 25.7 Å². The van der Waals surface area contributed by atoms with Gasteiger partial charge in [-0.1, -0.05) is 91.0 Å². The number of carbonyl (C=O) groups is 4. The number of esters is 1. The normalized spacial score (nSPS) is 12.0. The van der Waals surface area contributed by atoms with E-state index in [4.69, 9.17) is 9.47 Å². The molecule has 0 aromatic heterocycles. The summed E-state index contributed by atoms with van der Waals surface area (Å²) in [6.45, 7) is 0.825. The molecule has 3 aromatic rings. The molecule has 2 atom stereocenters. The molecule has 0 unspecified atom stereocenters. The Morgan fingerprint density at radius 2 is 1.13 bits per heavy atom. The summed E-state index contributed by atoms with van der Waals surface area (Å²) in [4.78, 5) is 50.2. The van der Waals surface area contributed by atoms with Gasteiger partial charge in [0.05, 0.1) is 6.04 Å². The van der Waals surface area contributed by atoms with Crippen molar-refractivity contribution in [2.75, 3.05) is 6.61 Å². The lowest BCUT2D eigenvalue weighted by molar-refractivity contribution is -0.146. The number of aryl methyl sites for hydroxylation is 2. The number of hydrogen-bond acceptors (Lipinski definition) is 6. The van der Waals surface area contributed by atoms with E-state index in [0.717, 1.165) is 16.7 Å². The average Bonchev–Trinajstić information content (AvgIpc) is 2.96. The van der Waals surface area contributed by atoms with Crippen molar-refractivity contribution in [2.45, 2.75) is 51.3 Å². The highest BCUT2D eigenvalue weighted by atomic mass is 16.5. The molecule has 39 heavy (non-hydrogen) atoms. The number of ketones is 1. The SMILES string of the molecule is CC(=O)OCC(=O)[C@H](CCc1ccccc1)NC(=O)[C@H](CCc1ccccc1)NC(=O)OCc1ccccc1. The Kier molecular flexibility index (Phi) is 11.7. The molecule has 2 amide bonds. The van der Waals surface area contributed by atoms with Crippen LogP contribution in [0.3, 0.4) is 0 Å². The molecular formula is C31H34N2O6. The molecule has 2 N–H and O–H groups in total. The van der Waals surface area contributed by atoms with Crippen LogP contribution in [0.15, 0.2) is 91.0 Å². The van der Waals surface area contributed by atoms with E-state index in [2.05, 4.69) is 10.6 Å². The summed E-state index contributed by atoms with van der Waals surface area (Å²) in [6.07, 6.45) is 0.908. The highest BCUT2D eigenvalue weighted by Crippen LogP contribution is 2.10. The molecule has 0 bridgehead atoms. The third-order valence-electron chi connectivity index (χ3n) is 6.07. The lowest BCUT2D eigenvalue weighted by Gasteiger charge is -2.23. The summed E-state index contributed by atoms with van der Waals surface area (Å²) in [6, 6.07) is 26.5. The fourth-order valence-corrected chi connectivity index (χ4v) is 3.95. The Bertz CT molecular complexity index is 1200. The Hall–Kier alpha value is -4.46. The van der Waals surface area contributed by atoms with Gasteiger partial charge in [-0.2, -0.15) is 0 Å². The molecule has 0 aliphatic carbocycles. The van der Waals surface area contributed by atoms with Crippen molar-refractivity contribution in [3.8, 4) is 0 Å². The molecular weight excluding hydrogens is 496 g/mol. The highest BCUT2D eigenvalue weighted by molar-refractivity contribution is 5.93. The number of Topliss-reactive ketones (excluding diaryl/α,β-unsaturated/α-hetero) is 1. The topological polar surface area (TPSA) is 111 Å². The van der Waals surface area contributed by atoms with Gasteiger partial charge in [0, 0.05) is 6.92 Å². The first-order valence-electron chi connectivity index (χ1n) is 12.9. The van der Waals surface area contributed by atoms with Gasteiger partial charge in [0.2, 0.25) is 5.91 Å². The number of amides is 2. The van der Waals surface area contributed by atoms with Crippen molar-refractivity contribution in [1.29, 1.82) is 0 Å². The van der Waals surface area contributed by atoms with Crippen LogP contribution in [0.1, 0.15) is 36.5 Å². The fourth-order valence-electron chi connectivity index (χ4n) is 3.95. The quantitative estimate of drug-likeness (QED) is 0.303. The predicted octanol–water partition coefficient (Wildman–Crippen LogP) is 4.16. The van der Waals surface area contributed by atoms with Crippen molar-refractivity contribution in [3.05, 3.63) is 108 Å². The smallest absolute Gasteiger partial charge is 0.408 e. The number of carbonyl (C=O) groups excluding carboxylic acids is 4. The lowest BCUT2D eigenvalue weighted by atomic mass is 10.0. The van der Waals surface area contributed by atoms with Crippen LogP contribution in [0.25, 0.3) is 0 Å². The van der Waals surface area contributed by atoms with Gasteiger partial charge in [0.1, 0.15) is 12.6 Å². The molecule has 3 aromatic carbocycles. The molecule has 204 valence electrons. The minimum absolute atomic E-state index is 0.0558. The maximum absolute atomic E-state index is 13.4. The Morgan fingerprint density at radius 1 is 0.641 bits per heavy atom. The molecule has 8 heteroatoms. The zero-order valence-corrected chi connectivity index (χ0v) is 22.0. The number of rotatable bonds is 14. The number of benzene rings is 3. The lowest BCUT2D eigenvalue weighted by Crippen LogP contribution is -2.52. The molecule has 0 spiro atoms. The first-order valence-corrected chi connectivity index (χ1v) is 12.9. The van der Waals surface area contributed by atoms with Crippen LogP contribution in [0.5, 0.6) is 0 Å². The van der Waals surface area contributed by atoms with E-state index in [1.54, 1.807) is 0 Å². The Balaban J connectivity index is 1.69. The third-order valence-corrected chi connectivity index (χ3v) is 6.07. The van der Waals surface area contributed by atoms with Crippen molar-refractivity contribution in [1.82, 2.24) is 10.6 Å². The largest absolute Gasteiger partial charge is 0.458 e. The number of ether oxygens (including phenoxy) is 2. The summed E-state index contributed by atoms with van der Waals surface area (Å²) < 4.78 is 10.2. The summed E-state index contributed by atoms with van der Waals surface area (Å²) in [5.74, 6) is -1.53. The summed E-state index contributed by atoms with van der Waals surface area (Å²) in [5.41, 5.74) is 2.82. The van der Waals surface area contributed by atoms with Gasteiger partial charge in [0.15, 0.2) is 12.4 Å². The van der Waals surface area contributed by atoms with Crippen molar-refractivity contribution < 1.29 is 28.7 Å². The van der Waals surface area contributed by atoms with Gasteiger partial charge >= 0.3 is 12.1 Å². The van der Waals surface area contributed by atoms with Gasteiger partial charge in [0.25, 0.3) is 0 Å². The van der Waals surface area contributed by atoms with Crippen LogP contribution in [0, 0.1) is 0 Å². The molecule has 0 aliphatic rings. The molecule has 3 rings (SSSR count).